The Bertz CT molecular complexity index is 784. The summed E-state index contributed by atoms with van der Waals surface area (Å²) in [6.45, 7) is 0. The molecule has 0 aromatic heterocycles. The van der Waals surface area contributed by atoms with Crippen molar-refractivity contribution in [3.8, 4) is 0 Å². The second-order valence-electron chi connectivity index (χ2n) is 4.46. The molecular weight excluding hydrogens is 298 g/mol. The van der Waals surface area contributed by atoms with Gasteiger partial charge in [0.25, 0.3) is 5.91 Å². The molecule has 3 rings (SSSR count). The second kappa shape index (κ2) is 4.61. The molecule has 20 heavy (non-hydrogen) atoms. The summed E-state index contributed by atoms with van der Waals surface area (Å²) in [5.41, 5.74) is 1.34. The average molecular weight is 308 g/mol. The summed E-state index contributed by atoms with van der Waals surface area (Å²) in [7, 11) is -3.65. The number of amides is 1. The fourth-order valence-electron chi connectivity index (χ4n) is 2.19. The number of hydrogen-bond donors (Lipinski definition) is 0. The number of anilines is 1. The highest BCUT2D eigenvalue weighted by atomic mass is 35.5. The van der Waals surface area contributed by atoms with Gasteiger partial charge >= 0.3 is 0 Å². The third-order valence-corrected chi connectivity index (χ3v) is 4.95. The fraction of sp³-hybridized carbons (Fsp3) is 0.0714. The molecule has 1 heterocycles. The minimum Gasteiger partial charge on any atom is -0.268 e. The predicted molar refractivity (Wildman–Crippen MR) is 77.3 cm³/mol. The average Bonchev–Trinajstić information content (AvgIpc) is 2.68. The largest absolute Gasteiger partial charge is 0.272 e. The third-order valence-electron chi connectivity index (χ3n) is 3.10. The van der Waals surface area contributed by atoms with Crippen LogP contribution in [0.15, 0.2) is 48.5 Å². The van der Waals surface area contributed by atoms with Gasteiger partial charge in [-0.15, -0.1) is 0 Å². The number of carbonyl (C=O) groups is 1. The number of carbonyl (C=O) groups excluding carboxylic acids is 1. The zero-order valence-corrected chi connectivity index (χ0v) is 11.9. The molecule has 0 aliphatic carbocycles. The molecule has 1 aliphatic rings. The maximum absolute atomic E-state index is 12.4. The number of rotatable bonds is 1. The van der Waals surface area contributed by atoms with Crippen LogP contribution in [0.2, 0.25) is 5.02 Å². The van der Waals surface area contributed by atoms with E-state index in [1.54, 1.807) is 36.4 Å². The van der Waals surface area contributed by atoms with Crippen LogP contribution in [0.3, 0.4) is 0 Å². The monoisotopic (exact) mass is 307 g/mol. The standard InChI is InChI=1S/C14H10ClNO3S/c15-12-7-5-10(6-8-12)14(17)16-13-4-2-1-3-11(13)9-20(16,18)19/h1-8H,9H2. The minimum absolute atomic E-state index is 0.150. The summed E-state index contributed by atoms with van der Waals surface area (Å²) in [5, 5.41) is 0.492. The molecule has 0 N–H and O–H groups in total. The Labute approximate surface area is 121 Å². The van der Waals surface area contributed by atoms with Crippen molar-refractivity contribution in [2.75, 3.05) is 4.31 Å². The molecule has 0 saturated carbocycles. The molecule has 0 bridgehead atoms. The topological polar surface area (TPSA) is 54.5 Å². The van der Waals surface area contributed by atoms with Gasteiger partial charge in [0.05, 0.1) is 11.4 Å². The van der Waals surface area contributed by atoms with Crippen molar-refractivity contribution in [2.24, 2.45) is 0 Å². The van der Waals surface area contributed by atoms with Crippen molar-refractivity contribution >= 4 is 33.2 Å². The van der Waals surface area contributed by atoms with Gasteiger partial charge in [0.1, 0.15) is 0 Å². The molecule has 102 valence electrons. The number of hydrogen-bond acceptors (Lipinski definition) is 3. The van der Waals surface area contributed by atoms with E-state index in [-0.39, 0.29) is 11.3 Å². The van der Waals surface area contributed by atoms with Crippen molar-refractivity contribution in [1.82, 2.24) is 0 Å². The van der Waals surface area contributed by atoms with Crippen molar-refractivity contribution in [2.45, 2.75) is 5.75 Å². The molecule has 1 aliphatic heterocycles. The van der Waals surface area contributed by atoms with E-state index in [9.17, 15) is 13.2 Å². The van der Waals surface area contributed by atoms with Gasteiger partial charge < -0.3 is 0 Å². The van der Waals surface area contributed by atoms with Gasteiger partial charge in [0.15, 0.2) is 0 Å². The number of fused-ring (bicyclic) bond motifs is 1. The smallest absolute Gasteiger partial charge is 0.268 e. The second-order valence-corrected chi connectivity index (χ2v) is 6.72. The molecule has 0 spiro atoms. The zero-order valence-electron chi connectivity index (χ0n) is 10.3. The maximum atomic E-state index is 12.4. The highest BCUT2D eigenvalue weighted by Gasteiger charge is 2.37. The van der Waals surface area contributed by atoms with Crippen LogP contribution in [0.1, 0.15) is 15.9 Å². The first kappa shape index (κ1) is 13.1. The Morgan fingerprint density at radius 1 is 1.05 bits per heavy atom. The SMILES string of the molecule is O=C(c1ccc(Cl)cc1)N1c2ccccc2CS1(=O)=O. The predicted octanol–water partition coefficient (Wildman–Crippen LogP) is 2.83. The molecule has 0 fully saturated rings. The van der Waals surface area contributed by atoms with E-state index < -0.39 is 15.9 Å². The minimum atomic E-state index is -3.65. The summed E-state index contributed by atoms with van der Waals surface area (Å²) < 4.78 is 25.2. The van der Waals surface area contributed by atoms with Crippen LogP contribution < -0.4 is 4.31 Å². The molecular formula is C14H10ClNO3S. The normalized spacial score (nSPS) is 15.9. The van der Waals surface area contributed by atoms with Crippen LogP contribution in [0.4, 0.5) is 5.69 Å². The van der Waals surface area contributed by atoms with Crippen molar-refractivity contribution in [1.29, 1.82) is 0 Å². The lowest BCUT2D eigenvalue weighted by Gasteiger charge is -2.16. The first-order chi connectivity index (χ1) is 9.49. The quantitative estimate of drug-likeness (QED) is 0.814. The lowest BCUT2D eigenvalue weighted by molar-refractivity contribution is 0.101. The van der Waals surface area contributed by atoms with Gasteiger partial charge in [0.2, 0.25) is 10.0 Å². The number of halogens is 1. The summed E-state index contributed by atoms with van der Waals surface area (Å²) in [6.07, 6.45) is 0. The van der Waals surface area contributed by atoms with E-state index in [1.165, 1.54) is 12.1 Å². The third kappa shape index (κ3) is 2.09. The number of sulfonamides is 1. The fourth-order valence-corrected chi connectivity index (χ4v) is 3.92. The van der Waals surface area contributed by atoms with Crippen LogP contribution in [0.5, 0.6) is 0 Å². The molecule has 0 saturated heterocycles. The van der Waals surface area contributed by atoms with E-state index in [1.807, 2.05) is 0 Å². The van der Waals surface area contributed by atoms with E-state index in [2.05, 4.69) is 0 Å². The van der Waals surface area contributed by atoms with Crippen LogP contribution in [0, 0.1) is 0 Å². The zero-order chi connectivity index (χ0) is 14.3. The van der Waals surface area contributed by atoms with E-state index in [0.29, 0.717) is 16.3 Å². The molecule has 2 aromatic carbocycles. The van der Waals surface area contributed by atoms with Gasteiger partial charge in [-0.25, -0.2) is 12.7 Å². The van der Waals surface area contributed by atoms with Crippen molar-refractivity contribution < 1.29 is 13.2 Å². The van der Waals surface area contributed by atoms with Gasteiger partial charge in [0, 0.05) is 10.6 Å². The van der Waals surface area contributed by atoms with E-state index in [4.69, 9.17) is 11.6 Å². The van der Waals surface area contributed by atoms with E-state index in [0.717, 1.165) is 4.31 Å². The molecule has 1 amide bonds. The molecule has 2 aromatic rings. The van der Waals surface area contributed by atoms with Crippen LogP contribution in [0.25, 0.3) is 0 Å². The van der Waals surface area contributed by atoms with Gasteiger partial charge in [-0.3, -0.25) is 4.79 Å². The van der Waals surface area contributed by atoms with Gasteiger partial charge in [-0.2, -0.15) is 0 Å². The van der Waals surface area contributed by atoms with Gasteiger partial charge in [-0.05, 0) is 35.9 Å². The van der Waals surface area contributed by atoms with Crippen molar-refractivity contribution in [3.05, 3.63) is 64.7 Å². The Hall–Kier alpha value is -1.85. The van der Waals surface area contributed by atoms with Crippen LogP contribution in [-0.4, -0.2) is 14.3 Å². The Morgan fingerprint density at radius 2 is 1.70 bits per heavy atom. The summed E-state index contributed by atoms with van der Waals surface area (Å²) in [5.74, 6) is -0.714. The summed E-state index contributed by atoms with van der Waals surface area (Å²) in [6, 6.07) is 13.0. The first-order valence-corrected chi connectivity index (χ1v) is 7.88. The molecule has 0 atom stereocenters. The first-order valence-electron chi connectivity index (χ1n) is 5.90. The molecule has 4 nitrogen and oxygen atoms in total. The lowest BCUT2D eigenvalue weighted by Crippen LogP contribution is -2.33. The molecule has 0 radical (unpaired) electrons. The van der Waals surface area contributed by atoms with Crippen LogP contribution >= 0.6 is 11.6 Å². The highest BCUT2D eigenvalue weighted by Crippen LogP contribution is 2.34. The maximum Gasteiger partial charge on any atom is 0.272 e. The molecule has 0 unspecified atom stereocenters. The number of nitrogens with zero attached hydrogens (tertiary/aromatic N) is 1. The Kier molecular flexibility index (Phi) is 3.03. The Balaban J connectivity index is 2.09. The Morgan fingerprint density at radius 3 is 2.40 bits per heavy atom. The van der Waals surface area contributed by atoms with Crippen LogP contribution in [-0.2, 0) is 15.8 Å². The highest BCUT2D eigenvalue weighted by molar-refractivity contribution is 7.93. The van der Waals surface area contributed by atoms with Crippen molar-refractivity contribution in [3.63, 3.8) is 0 Å². The number of para-hydroxylation sites is 1. The lowest BCUT2D eigenvalue weighted by atomic mass is 10.1. The van der Waals surface area contributed by atoms with Gasteiger partial charge in [-0.1, -0.05) is 29.8 Å². The number of benzene rings is 2. The summed E-state index contributed by atoms with van der Waals surface area (Å²) in [4.78, 5) is 12.4. The molecule has 6 heteroatoms. The van der Waals surface area contributed by atoms with E-state index >= 15 is 0 Å². The summed E-state index contributed by atoms with van der Waals surface area (Å²) >= 11 is 5.77.